The lowest BCUT2D eigenvalue weighted by Crippen LogP contribution is -2.14. The maximum absolute atomic E-state index is 6.00. The summed E-state index contributed by atoms with van der Waals surface area (Å²) in [6, 6.07) is 7.98. The van der Waals surface area contributed by atoms with Crippen molar-refractivity contribution in [3.63, 3.8) is 0 Å². The van der Waals surface area contributed by atoms with Crippen LogP contribution < -0.4 is 16.4 Å². The van der Waals surface area contributed by atoms with Gasteiger partial charge in [0, 0.05) is 18.8 Å². The van der Waals surface area contributed by atoms with Gasteiger partial charge >= 0.3 is 0 Å². The van der Waals surface area contributed by atoms with Gasteiger partial charge in [0.15, 0.2) is 5.82 Å². The average Bonchev–Trinajstić information content (AvgIpc) is 2.42. The highest BCUT2D eigenvalue weighted by Crippen LogP contribution is 2.21. The Morgan fingerprint density at radius 2 is 2.00 bits per heavy atom. The zero-order valence-electron chi connectivity index (χ0n) is 10.7. The summed E-state index contributed by atoms with van der Waals surface area (Å²) >= 11 is 6.00. The van der Waals surface area contributed by atoms with Crippen LogP contribution in [0.2, 0.25) is 5.02 Å². The third-order valence-corrected chi connectivity index (χ3v) is 2.77. The van der Waals surface area contributed by atoms with Crippen molar-refractivity contribution in [2.45, 2.75) is 6.92 Å². The molecule has 0 aliphatic heterocycles. The molecular formula is C13H16ClN5. The summed E-state index contributed by atoms with van der Waals surface area (Å²) in [5.74, 6) is 1.07. The fraction of sp³-hybridized carbons (Fsp3) is 0.231. The van der Waals surface area contributed by atoms with Gasteiger partial charge in [-0.25, -0.2) is 4.98 Å². The number of hydrogen-bond donors (Lipinski definition) is 3. The van der Waals surface area contributed by atoms with Crippen molar-refractivity contribution in [2.75, 3.05) is 23.7 Å². The van der Waals surface area contributed by atoms with Gasteiger partial charge in [0.05, 0.1) is 6.20 Å². The van der Waals surface area contributed by atoms with Crippen LogP contribution in [0.5, 0.6) is 0 Å². The molecular weight excluding hydrogens is 262 g/mol. The number of hydrogen-bond acceptors (Lipinski definition) is 5. The van der Waals surface area contributed by atoms with Crippen LogP contribution in [-0.4, -0.2) is 23.1 Å². The summed E-state index contributed by atoms with van der Waals surface area (Å²) in [4.78, 5) is 8.45. The van der Waals surface area contributed by atoms with Crippen LogP contribution in [0.25, 0.3) is 0 Å². The lowest BCUT2D eigenvalue weighted by Gasteiger charge is -2.09. The molecule has 0 unspecified atom stereocenters. The first-order valence-corrected chi connectivity index (χ1v) is 6.37. The van der Waals surface area contributed by atoms with Gasteiger partial charge in [-0.15, -0.1) is 0 Å². The highest BCUT2D eigenvalue weighted by Gasteiger charge is 2.05. The quantitative estimate of drug-likeness (QED) is 0.783. The van der Waals surface area contributed by atoms with Crippen LogP contribution in [-0.2, 0) is 0 Å². The van der Waals surface area contributed by atoms with E-state index in [4.69, 9.17) is 17.3 Å². The lowest BCUT2D eigenvalue weighted by atomic mass is 10.2. The van der Waals surface area contributed by atoms with Crippen LogP contribution in [0.15, 0.2) is 30.5 Å². The van der Waals surface area contributed by atoms with Crippen molar-refractivity contribution >= 4 is 29.1 Å². The fourth-order valence-electron chi connectivity index (χ4n) is 1.51. The lowest BCUT2D eigenvalue weighted by molar-refractivity contribution is 1.01. The van der Waals surface area contributed by atoms with Crippen molar-refractivity contribution in [2.24, 2.45) is 5.73 Å². The molecule has 5 nitrogen and oxygen atoms in total. The topological polar surface area (TPSA) is 75.9 Å². The minimum Gasteiger partial charge on any atom is -0.367 e. The molecule has 2 aromatic rings. The number of anilines is 3. The summed E-state index contributed by atoms with van der Waals surface area (Å²) in [6.07, 6.45) is 1.56. The summed E-state index contributed by atoms with van der Waals surface area (Å²) in [5, 5.41) is 6.65. The van der Waals surface area contributed by atoms with E-state index in [0.29, 0.717) is 29.9 Å². The number of halogens is 1. The number of benzene rings is 1. The third kappa shape index (κ3) is 3.81. The van der Waals surface area contributed by atoms with E-state index in [1.54, 1.807) is 6.20 Å². The molecule has 0 aliphatic rings. The number of aryl methyl sites for hydroxylation is 1. The predicted molar refractivity (Wildman–Crippen MR) is 79.0 cm³/mol. The summed E-state index contributed by atoms with van der Waals surface area (Å²) in [7, 11) is 0. The monoisotopic (exact) mass is 277 g/mol. The maximum Gasteiger partial charge on any atom is 0.229 e. The van der Waals surface area contributed by atoms with Crippen molar-refractivity contribution in [1.29, 1.82) is 0 Å². The number of nitrogens with two attached hydrogens (primary N) is 1. The highest BCUT2D eigenvalue weighted by molar-refractivity contribution is 6.32. The Bertz CT molecular complexity index is 541. The molecule has 0 radical (unpaired) electrons. The highest BCUT2D eigenvalue weighted by atomic mass is 35.5. The molecule has 6 heteroatoms. The number of aromatic nitrogens is 2. The predicted octanol–water partition coefficient (Wildman–Crippen LogP) is 2.55. The SMILES string of the molecule is Cc1ccc(Nc2ncc(Cl)c(NCCN)n2)cc1. The van der Waals surface area contributed by atoms with E-state index in [1.165, 1.54) is 5.56 Å². The second-order valence-electron chi connectivity index (χ2n) is 4.10. The fourth-order valence-corrected chi connectivity index (χ4v) is 1.67. The van der Waals surface area contributed by atoms with Gasteiger partial charge in [-0.2, -0.15) is 4.98 Å². The minimum atomic E-state index is 0.475. The van der Waals surface area contributed by atoms with E-state index < -0.39 is 0 Å². The van der Waals surface area contributed by atoms with Crippen molar-refractivity contribution in [3.05, 3.63) is 41.0 Å². The van der Waals surface area contributed by atoms with E-state index in [1.807, 2.05) is 31.2 Å². The van der Waals surface area contributed by atoms with E-state index >= 15 is 0 Å². The second-order valence-corrected chi connectivity index (χ2v) is 4.50. The third-order valence-electron chi connectivity index (χ3n) is 2.49. The van der Waals surface area contributed by atoms with Gasteiger partial charge in [-0.05, 0) is 19.1 Å². The summed E-state index contributed by atoms with van der Waals surface area (Å²) in [5.41, 5.74) is 7.57. The molecule has 100 valence electrons. The molecule has 0 bridgehead atoms. The molecule has 1 aromatic carbocycles. The van der Waals surface area contributed by atoms with Gasteiger partial charge in [0.1, 0.15) is 5.02 Å². The van der Waals surface area contributed by atoms with Crippen molar-refractivity contribution < 1.29 is 0 Å². The Hall–Kier alpha value is -1.85. The van der Waals surface area contributed by atoms with Gasteiger partial charge < -0.3 is 16.4 Å². The average molecular weight is 278 g/mol. The second kappa shape index (κ2) is 6.36. The number of nitrogens with zero attached hydrogens (tertiary/aromatic N) is 2. The van der Waals surface area contributed by atoms with Gasteiger partial charge in [0.2, 0.25) is 5.95 Å². The van der Waals surface area contributed by atoms with Gasteiger partial charge in [-0.3, -0.25) is 0 Å². The standard InChI is InChI=1S/C13H16ClN5/c1-9-2-4-10(5-3-9)18-13-17-8-11(14)12(19-13)16-7-6-15/h2-5,8H,6-7,15H2,1H3,(H2,16,17,18,19). The molecule has 0 aliphatic carbocycles. The van der Waals surface area contributed by atoms with Gasteiger partial charge in [-0.1, -0.05) is 29.3 Å². The van der Waals surface area contributed by atoms with E-state index in [9.17, 15) is 0 Å². The minimum absolute atomic E-state index is 0.475. The van der Waals surface area contributed by atoms with Crippen LogP contribution in [0.1, 0.15) is 5.56 Å². The summed E-state index contributed by atoms with van der Waals surface area (Å²) < 4.78 is 0. The zero-order valence-corrected chi connectivity index (χ0v) is 11.4. The van der Waals surface area contributed by atoms with Crippen LogP contribution in [0, 0.1) is 6.92 Å². The molecule has 0 saturated carbocycles. The largest absolute Gasteiger partial charge is 0.367 e. The molecule has 2 rings (SSSR count). The maximum atomic E-state index is 6.00. The molecule has 4 N–H and O–H groups in total. The first-order chi connectivity index (χ1) is 9.19. The Morgan fingerprint density at radius 1 is 1.26 bits per heavy atom. The molecule has 1 aromatic heterocycles. The molecule has 19 heavy (non-hydrogen) atoms. The molecule has 0 atom stereocenters. The van der Waals surface area contributed by atoms with Crippen molar-refractivity contribution in [3.8, 4) is 0 Å². The number of rotatable bonds is 5. The normalized spacial score (nSPS) is 10.3. The Kier molecular flexibility index (Phi) is 4.54. The first kappa shape index (κ1) is 13.6. The van der Waals surface area contributed by atoms with Crippen LogP contribution in [0.4, 0.5) is 17.5 Å². The molecule has 0 amide bonds. The van der Waals surface area contributed by atoms with Crippen LogP contribution >= 0.6 is 11.6 Å². The molecule has 0 spiro atoms. The Morgan fingerprint density at radius 3 is 2.68 bits per heavy atom. The Balaban J connectivity index is 2.14. The van der Waals surface area contributed by atoms with E-state index in [0.717, 1.165) is 5.69 Å². The van der Waals surface area contributed by atoms with Crippen LogP contribution in [0.3, 0.4) is 0 Å². The Labute approximate surface area is 117 Å². The zero-order chi connectivity index (χ0) is 13.7. The van der Waals surface area contributed by atoms with E-state index in [-0.39, 0.29) is 0 Å². The smallest absolute Gasteiger partial charge is 0.229 e. The van der Waals surface area contributed by atoms with Gasteiger partial charge in [0.25, 0.3) is 0 Å². The molecule has 0 saturated heterocycles. The first-order valence-electron chi connectivity index (χ1n) is 5.99. The summed E-state index contributed by atoms with van der Waals surface area (Å²) in [6.45, 7) is 3.17. The number of nitrogens with one attached hydrogen (secondary N) is 2. The van der Waals surface area contributed by atoms with E-state index in [2.05, 4.69) is 20.6 Å². The molecule has 0 fully saturated rings. The molecule has 1 heterocycles. The van der Waals surface area contributed by atoms with Crippen molar-refractivity contribution in [1.82, 2.24) is 9.97 Å².